The molecule has 0 aliphatic heterocycles. The summed E-state index contributed by atoms with van der Waals surface area (Å²) >= 11 is 1.72. The molecule has 0 radical (unpaired) electrons. The van der Waals surface area contributed by atoms with Crippen LogP contribution in [0.15, 0.2) is 48.5 Å². The van der Waals surface area contributed by atoms with E-state index >= 15 is 0 Å². The SMILES string of the molecule is CCO[Si](CCCSC(CC(=O)OCc1ccc(CO)c(CO)c1)c1ccccc1)(OCC)OCC. The zero-order valence-corrected chi connectivity index (χ0v) is 23.4. The number of esters is 1. The number of hydrogen-bond acceptors (Lipinski definition) is 8. The van der Waals surface area contributed by atoms with Gasteiger partial charge in [-0.05, 0) is 61.3 Å². The van der Waals surface area contributed by atoms with Crippen LogP contribution in [0.5, 0.6) is 0 Å². The summed E-state index contributed by atoms with van der Waals surface area (Å²) in [6, 6.07) is 16.0. The van der Waals surface area contributed by atoms with E-state index in [9.17, 15) is 15.0 Å². The van der Waals surface area contributed by atoms with Crippen LogP contribution in [0.3, 0.4) is 0 Å². The van der Waals surface area contributed by atoms with E-state index < -0.39 is 8.80 Å². The molecule has 9 heteroatoms. The number of carbonyl (C=O) groups is 1. The van der Waals surface area contributed by atoms with Crippen molar-refractivity contribution in [1.29, 1.82) is 0 Å². The van der Waals surface area contributed by atoms with Crippen molar-refractivity contribution in [1.82, 2.24) is 0 Å². The number of rotatable bonds is 18. The van der Waals surface area contributed by atoms with Crippen LogP contribution in [0.4, 0.5) is 0 Å². The maximum Gasteiger partial charge on any atom is 0.500 e. The summed E-state index contributed by atoms with van der Waals surface area (Å²) in [6.45, 7) is 7.33. The number of aliphatic hydroxyl groups excluding tert-OH is 2. The van der Waals surface area contributed by atoms with E-state index in [0.717, 1.165) is 29.3 Å². The van der Waals surface area contributed by atoms with E-state index in [4.69, 9.17) is 18.0 Å². The Hall–Kier alpha value is -1.72. The average Bonchev–Trinajstić information content (AvgIpc) is 2.90. The number of ether oxygens (including phenoxy) is 1. The summed E-state index contributed by atoms with van der Waals surface area (Å²) in [7, 11) is -2.68. The molecule has 7 nitrogen and oxygen atoms in total. The molecule has 2 N–H and O–H groups in total. The zero-order chi connectivity index (χ0) is 26.2. The van der Waals surface area contributed by atoms with Crippen LogP contribution in [0, 0.1) is 0 Å². The molecule has 0 spiro atoms. The second-order valence-corrected chi connectivity index (χ2v) is 12.2. The van der Waals surface area contributed by atoms with Gasteiger partial charge in [0.2, 0.25) is 0 Å². The lowest BCUT2D eigenvalue weighted by molar-refractivity contribution is -0.144. The molecule has 2 rings (SSSR count). The highest BCUT2D eigenvalue weighted by Crippen LogP contribution is 2.34. The van der Waals surface area contributed by atoms with E-state index in [2.05, 4.69) is 0 Å². The maximum atomic E-state index is 12.7. The summed E-state index contributed by atoms with van der Waals surface area (Å²) in [4.78, 5) is 12.7. The van der Waals surface area contributed by atoms with Crippen molar-refractivity contribution in [2.45, 2.75) is 64.7 Å². The Morgan fingerprint density at radius 3 is 2.14 bits per heavy atom. The third-order valence-corrected chi connectivity index (χ3v) is 10.1. The predicted octanol–water partition coefficient (Wildman–Crippen LogP) is 5.02. The summed E-state index contributed by atoms with van der Waals surface area (Å²) in [5, 5.41) is 18.8. The Morgan fingerprint density at radius 2 is 1.56 bits per heavy atom. The Kier molecular flexibility index (Phi) is 14.3. The van der Waals surface area contributed by atoms with Gasteiger partial charge >= 0.3 is 14.8 Å². The smallest absolute Gasteiger partial charge is 0.461 e. The second kappa shape index (κ2) is 16.9. The molecule has 1 unspecified atom stereocenters. The normalized spacial score (nSPS) is 12.5. The van der Waals surface area contributed by atoms with Gasteiger partial charge in [-0.2, -0.15) is 11.8 Å². The van der Waals surface area contributed by atoms with Crippen molar-refractivity contribution in [2.75, 3.05) is 25.6 Å². The lowest BCUT2D eigenvalue weighted by Gasteiger charge is -2.28. The van der Waals surface area contributed by atoms with E-state index in [1.165, 1.54) is 0 Å². The lowest BCUT2D eigenvalue weighted by Crippen LogP contribution is -2.46. The molecular weight excluding hydrogens is 496 g/mol. The highest BCUT2D eigenvalue weighted by atomic mass is 32.2. The Labute approximate surface area is 220 Å². The summed E-state index contributed by atoms with van der Waals surface area (Å²) in [5.41, 5.74) is 3.16. The van der Waals surface area contributed by atoms with Crippen LogP contribution < -0.4 is 0 Å². The molecule has 0 saturated carbocycles. The molecule has 200 valence electrons. The monoisotopic (exact) mass is 536 g/mol. The minimum atomic E-state index is -2.68. The molecule has 0 aliphatic carbocycles. The van der Waals surface area contributed by atoms with Gasteiger partial charge in [-0.1, -0.05) is 42.5 Å². The first-order valence-corrected chi connectivity index (χ1v) is 15.5. The van der Waals surface area contributed by atoms with E-state index in [1.54, 1.807) is 30.0 Å². The quantitative estimate of drug-likeness (QED) is 0.156. The minimum absolute atomic E-state index is 0.0363. The number of aliphatic hydroxyl groups is 2. The summed E-state index contributed by atoms with van der Waals surface area (Å²) in [5.74, 6) is 0.548. The molecule has 0 heterocycles. The first-order chi connectivity index (χ1) is 17.5. The molecule has 0 aromatic heterocycles. The lowest BCUT2D eigenvalue weighted by atomic mass is 10.1. The highest BCUT2D eigenvalue weighted by Gasteiger charge is 2.39. The Bertz CT molecular complexity index is 880. The topological polar surface area (TPSA) is 94.5 Å². The van der Waals surface area contributed by atoms with Gasteiger partial charge in [0.25, 0.3) is 0 Å². The van der Waals surface area contributed by atoms with E-state index in [-0.39, 0.29) is 37.5 Å². The van der Waals surface area contributed by atoms with E-state index in [1.807, 2.05) is 51.1 Å². The molecular formula is C27H40O7SSi. The van der Waals surface area contributed by atoms with Gasteiger partial charge in [0.15, 0.2) is 0 Å². The first-order valence-electron chi connectivity index (χ1n) is 12.6. The minimum Gasteiger partial charge on any atom is -0.461 e. The third kappa shape index (κ3) is 9.97. The maximum absolute atomic E-state index is 12.7. The van der Waals surface area contributed by atoms with Crippen LogP contribution in [-0.4, -0.2) is 50.6 Å². The van der Waals surface area contributed by atoms with Gasteiger partial charge in [0.05, 0.1) is 19.6 Å². The average molecular weight is 537 g/mol. The predicted molar refractivity (Wildman–Crippen MR) is 144 cm³/mol. The van der Waals surface area contributed by atoms with Gasteiger partial charge in [-0.25, -0.2) is 0 Å². The van der Waals surface area contributed by atoms with E-state index in [0.29, 0.717) is 30.9 Å². The molecule has 0 fully saturated rings. The van der Waals surface area contributed by atoms with Gasteiger partial charge in [-0.3, -0.25) is 4.79 Å². The summed E-state index contributed by atoms with van der Waals surface area (Å²) < 4.78 is 23.4. The van der Waals surface area contributed by atoms with Crippen molar-refractivity contribution in [3.8, 4) is 0 Å². The van der Waals surface area contributed by atoms with Crippen molar-refractivity contribution in [3.63, 3.8) is 0 Å². The van der Waals surface area contributed by atoms with Crippen molar-refractivity contribution >= 4 is 26.5 Å². The fourth-order valence-electron chi connectivity index (χ4n) is 3.90. The number of thioether (sulfide) groups is 1. The molecule has 36 heavy (non-hydrogen) atoms. The molecule has 1 atom stereocenters. The second-order valence-electron chi connectivity index (χ2n) is 8.14. The molecule has 0 aliphatic rings. The Balaban J connectivity index is 1.96. The molecule has 0 saturated heterocycles. The fraction of sp³-hybridized carbons (Fsp3) is 0.519. The van der Waals surface area contributed by atoms with Gasteiger partial charge in [0, 0.05) is 31.1 Å². The fourth-order valence-corrected chi connectivity index (χ4v) is 7.97. The van der Waals surface area contributed by atoms with Crippen LogP contribution in [-0.2, 0) is 42.6 Å². The number of benzene rings is 2. The molecule has 0 amide bonds. The third-order valence-electron chi connectivity index (χ3n) is 5.57. The molecule has 2 aromatic carbocycles. The first kappa shape index (κ1) is 30.5. The largest absolute Gasteiger partial charge is 0.500 e. The Morgan fingerprint density at radius 1 is 0.917 bits per heavy atom. The van der Waals surface area contributed by atoms with Crippen molar-refractivity contribution in [3.05, 3.63) is 70.8 Å². The molecule has 0 bridgehead atoms. The zero-order valence-electron chi connectivity index (χ0n) is 21.6. The van der Waals surface area contributed by atoms with Gasteiger partial charge < -0.3 is 28.2 Å². The van der Waals surface area contributed by atoms with Gasteiger partial charge in [0.1, 0.15) is 6.61 Å². The summed E-state index contributed by atoms with van der Waals surface area (Å²) in [6.07, 6.45) is 1.11. The standard InChI is InChI=1S/C27H40O7SSi/c1-4-32-36(33-5-2,34-6-3)16-10-15-35-26(23-11-8-7-9-12-23)18-27(30)31-21-22-13-14-24(19-28)25(17-22)20-29/h7-9,11-14,17,26,28-29H,4-6,10,15-16,18-21H2,1-3H3. The molecule has 2 aromatic rings. The highest BCUT2D eigenvalue weighted by molar-refractivity contribution is 7.99. The van der Waals surface area contributed by atoms with Crippen molar-refractivity contribution in [2.24, 2.45) is 0 Å². The van der Waals surface area contributed by atoms with Crippen molar-refractivity contribution < 1.29 is 33.0 Å². The van der Waals surface area contributed by atoms with Crippen LogP contribution >= 0.6 is 11.8 Å². The van der Waals surface area contributed by atoms with Crippen LogP contribution in [0.1, 0.15) is 61.1 Å². The van der Waals surface area contributed by atoms with Crippen LogP contribution in [0.2, 0.25) is 6.04 Å². The van der Waals surface area contributed by atoms with Crippen LogP contribution in [0.25, 0.3) is 0 Å². The van der Waals surface area contributed by atoms with Gasteiger partial charge in [-0.15, -0.1) is 0 Å². The number of hydrogen-bond donors (Lipinski definition) is 2. The number of carbonyl (C=O) groups excluding carboxylic acids is 1.